The molecule has 144 valence electrons. The highest BCUT2D eigenvalue weighted by Gasteiger charge is 2.22. The number of rotatable bonds is 7. The van der Waals surface area contributed by atoms with Crippen LogP contribution in [0.4, 0.5) is 0 Å². The van der Waals surface area contributed by atoms with Crippen LogP contribution >= 0.6 is 0 Å². The van der Waals surface area contributed by atoms with E-state index in [1.165, 1.54) is 0 Å². The molecule has 3 rings (SSSR count). The van der Waals surface area contributed by atoms with Crippen LogP contribution in [-0.2, 0) is 4.79 Å². The van der Waals surface area contributed by atoms with Gasteiger partial charge in [0.25, 0.3) is 5.91 Å². The minimum absolute atomic E-state index is 0.157. The van der Waals surface area contributed by atoms with Gasteiger partial charge in [-0.05, 0) is 55.3 Å². The summed E-state index contributed by atoms with van der Waals surface area (Å²) in [6, 6.07) is 12.7. The molecule has 0 aromatic heterocycles. The lowest BCUT2D eigenvalue weighted by Crippen LogP contribution is -2.39. The maximum Gasteiger partial charge on any atom is 0.261 e. The van der Waals surface area contributed by atoms with Crippen LogP contribution in [0.3, 0.4) is 0 Å². The molecule has 0 bridgehead atoms. The number of methoxy groups -OCH3 is 1. The first-order valence-electron chi connectivity index (χ1n) is 9.11. The molecule has 2 aromatic rings. The van der Waals surface area contributed by atoms with Gasteiger partial charge in [0.1, 0.15) is 24.7 Å². The Morgan fingerprint density at radius 1 is 1.07 bits per heavy atom. The molecular weight excluding hydrogens is 346 g/mol. The largest absolute Gasteiger partial charge is 0.497 e. The van der Waals surface area contributed by atoms with E-state index in [0.717, 1.165) is 17.1 Å². The minimum Gasteiger partial charge on any atom is -0.497 e. The Hall–Kier alpha value is -2.89. The summed E-state index contributed by atoms with van der Waals surface area (Å²) in [5.74, 6) is 2.66. The molecule has 0 radical (unpaired) electrons. The number of benzene rings is 2. The zero-order valence-corrected chi connectivity index (χ0v) is 15.9. The predicted octanol–water partition coefficient (Wildman–Crippen LogP) is 3.50. The van der Waals surface area contributed by atoms with Gasteiger partial charge in [-0.1, -0.05) is 13.0 Å². The third-order valence-electron chi connectivity index (χ3n) is 4.43. The van der Waals surface area contributed by atoms with Gasteiger partial charge in [-0.15, -0.1) is 0 Å². The summed E-state index contributed by atoms with van der Waals surface area (Å²) in [6.07, 6.45) is -0.0100. The molecular formula is C21H25NO5. The van der Waals surface area contributed by atoms with Gasteiger partial charge in [0.05, 0.1) is 13.2 Å². The van der Waals surface area contributed by atoms with E-state index in [-0.39, 0.29) is 11.9 Å². The van der Waals surface area contributed by atoms with Crippen molar-refractivity contribution in [3.63, 3.8) is 0 Å². The zero-order chi connectivity index (χ0) is 19.2. The molecule has 27 heavy (non-hydrogen) atoms. The van der Waals surface area contributed by atoms with Gasteiger partial charge in [0, 0.05) is 0 Å². The standard InChI is InChI=1S/C21H25NO5/c1-4-18(27-17-8-6-16(24-3)7-9-17)21(23)22-14(2)15-5-10-19-20(13-15)26-12-11-25-19/h5-10,13-14,18H,4,11-12H2,1-3H3,(H,22,23)/t14-,18+/m1/s1. The van der Waals surface area contributed by atoms with Crippen molar-refractivity contribution < 1.29 is 23.7 Å². The predicted molar refractivity (Wildman–Crippen MR) is 102 cm³/mol. The van der Waals surface area contributed by atoms with Gasteiger partial charge < -0.3 is 24.3 Å². The molecule has 0 unspecified atom stereocenters. The topological polar surface area (TPSA) is 66.0 Å². The van der Waals surface area contributed by atoms with E-state index < -0.39 is 6.10 Å². The van der Waals surface area contributed by atoms with Gasteiger partial charge in [0.15, 0.2) is 17.6 Å². The average molecular weight is 371 g/mol. The third kappa shape index (κ3) is 4.64. The van der Waals surface area contributed by atoms with Gasteiger partial charge in [-0.3, -0.25) is 4.79 Å². The van der Waals surface area contributed by atoms with Crippen molar-refractivity contribution in [3.8, 4) is 23.0 Å². The van der Waals surface area contributed by atoms with Gasteiger partial charge in [-0.25, -0.2) is 0 Å². The summed E-state index contributed by atoms with van der Waals surface area (Å²) in [7, 11) is 1.61. The van der Waals surface area contributed by atoms with Gasteiger partial charge >= 0.3 is 0 Å². The van der Waals surface area contributed by atoms with Crippen molar-refractivity contribution in [2.24, 2.45) is 0 Å². The molecule has 0 fully saturated rings. The second-order valence-corrected chi connectivity index (χ2v) is 6.32. The lowest BCUT2D eigenvalue weighted by Gasteiger charge is -2.23. The first-order chi connectivity index (χ1) is 13.1. The van der Waals surface area contributed by atoms with Gasteiger partial charge in [-0.2, -0.15) is 0 Å². The van der Waals surface area contributed by atoms with E-state index >= 15 is 0 Å². The van der Waals surface area contributed by atoms with Crippen LogP contribution in [0.1, 0.15) is 31.9 Å². The summed E-state index contributed by atoms with van der Waals surface area (Å²) in [4.78, 5) is 12.7. The number of hydrogen-bond donors (Lipinski definition) is 1. The van der Waals surface area contributed by atoms with Crippen LogP contribution in [0.5, 0.6) is 23.0 Å². The van der Waals surface area contributed by atoms with Crippen LogP contribution in [0, 0.1) is 0 Å². The number of ether oxygens (including phenoxy) is 4. The Balaban J connectivity index is 1.63. The number of carbonyl (C=O) groups excluding carboxylic acids is 1. The Bertz CT molecular complexity index is 775. The summed E-state index contributed by atoms with van der Waals surface area (Å²) in [6.45, 7) is 4.94. The fourth-order valence-corrected chi connectivity index (χ4v) is 2.86. The quantitative estimate of drug-likeness (QED) is 0.807. The fraction of sp³-hybridized carbons (Fsp3) is 0.381. The van der Waals surface area contributed by atoms with Crippen molar-refractivity contribution in [2.75, 3.05) is 20.3 Å². The van der Waals surface area contributed by atoms with E-state index in [4.69, 9.17) is 18.9 Å². The maximum atomic E-state index is 12.7. The zero-order valence-electron chi connectivity index (χ0n) is 15.9. The Morgan fingerprint density at radius 3 is 2.41 bits per heavy atom. The second kappa shape index (κ2) is 8.66. The molecule has 1 N–H and O–H groups in total. The first kappa shape index (κ1) is 18.9. The highest BCUT2D eigenvalue weighted by atomic mass is 16.6. The van der Waals surface area contributed by atoms with Crippen molar-refractivity contribution >= 4 is 5.91 Å². The number of nitrogens with one attached hydrogen (secondary N) is 1. The summed E-state index contributed by atoms with van der Waals surface area (Å²) in [5, 5.41) is 3.01. The van der Waals surface area contributed by atoms with Crippen LogP contribution in [0.2, 0.25) is 0 Å². The second-order valence-electron chi connectivity index (χ2n) is 6.32. The monoisotopic (exact) mass is 371 g/mol. The van der Waals surface area contributed by atoms with Crippen molar-refractivity contribution in [2.45, 2.75) is 32.4 Å². The van der Waals surface area contributed by atoms with Gasteiger partial charge in [0.2, 0.25) is 0 Å². The van der Waals surface area contributed by atoms with Crippen LogP contribution in [0.15, 0.2) is 42.5 Å². The molecule has 0 saturated carbocycles. The maximum absolute atomic E-state index is 12.7. The van der Waals surface area contributed by atoms with Crippen molar-refractivity contribution in [1.29, 1.82) is 0 Å². The lowest BCUT2D eigenvalue weighted by atomic mass is 10.1. The molecule has 1 amide bonds. The smallest absolute Gasteiger partial charge is 0.261 e. The average Bonchev–Trinajstić information content (AvgIpc) is 2.71. The molecule has 1 heterocycles. The van der Waals surface area contributed by atoms with Crippen molar-refractivity contribution in [3.05, 3.63) is 48.0 Å². The lowest BCUT2D eigenvalue weighted by molar-refractivity contribution is -0.128. The molecule has 0 aliphatic carbocycles. The summed E-state index contributed by atoms with van der Waals surface area (Å²) >= 11 is 0. The molecule has 6 heteroatoms. The fourth-order valence-electron chi connectivity index (χ4n) is 2.86. The SMILES string of the molecule is CC[C@H](Oc1ccc(OC)cc1)C(=O)N[C@H](C)c1ccc2c(c1)OCCO2. The summed E-state index contributed by atoms with van der Waals surface area (Å²) in [5.41, 5.74) is 0.951. The Morgan fingerprint density at radius 2 is 1.74 bits per heavy atom. The molecule has 2 atom stereocenters. The molecule has 0 spiro atoms. The molecule has 1 aliphatic heterocycles. The van der Waals surface area contributed by atoms with Crippen LogP contribution in [-0.4, -0.2) is 32.3 Å². The third-order valence-corrected chi connectivity index (χ3v) is 4.43. The van der Waals surface area contributed by atoms with Crippen LogP contribution < -0.4 is 24.3 Å². The van der Waals surface area contributed by atoms with E-state index in [2.05, 4.69) is 5.32 Å². The highest BCUT2D eigenvalue weighted by Crippen LogP contribution is 2.32. The molecule has 0 saturated heterocycles. The van der Waals surface area contributed by atoms with E-state index in [1.807, 2.05) is 32.0 Å². The molecule has 2 aromatic carbocycles. The number of fused-ring (bicyclic) bond motifs is 1. The van der Waals surface area contributed by atoms with E-state index in [0.29, 0.717) is 31.1 Å². The Kier molecular flexibility index (Phi) is 6.06. The highest BCUT2D eigenvalue weighted by molar-refractivity contribution is 5.81. The number of carbonyl (C=O) groups is 1. The minimum atomic E-state index is -0.571. The van der Waals surface area contributed by atoms with E-state index in [1.54, 1.807) is 31.4 Å². The van der Waals surface area contributed by atoms with Crippen LogP contribution in [0.25, 0.3) is 0 Å². The molecule has 1 aliphatic rings. The number of amides is 1. The summed E-state index contributed by atoms with van der Waals surface area (Å²) < 4.78 is 22.1. The first-order valence-corrected chi connectivity index (χ1v) is 9.11. The normalized spacial score (nSPS) is 14.8. The Labute approximate surface area is 159 Å². The van der Waals surface area contributed by atoms with E-state index in [9.17, 15) is 4.79 Å². The van der Waals surface area contributed by atoms with Crippen molar-refractivity contribution in [1.82, 2.24) is 5.32 Å². The molecule has 6 nitrogen and oxygen atoms in total. The number of hydrogen-bond acceptors (Lipinski definition) is 5.